The van der Waals surface area contributed by atoms with Gasteiger partial charge in [0, 0.05) is 27.4 Å². The standard InChI is InChI=1S/C47H61F10IN7O13P/c1-42(2,3)77-79(71,78-43(4,5)6)75-24-74-41(70)76-33(32(19-25-13-15-27(58)16-14-25)59-36(66)34(60-39(68)72-11)44(7,8)46(52,53)54)23-64(63-37(67)35(61-40(69)73-12)45(9,10)47(55,56)57)22-28-29(48)20-26(21-30(28)49)31-17-18-65(62-31)38(50)51/h13-18,20-21,32-35,38H,19,22-24H2,1-12H3,(H,59,66)(H,60,68)(H,61,69)(H,63,67)/t32-,33-,34+,35+/m0/s1. The Morgan fingerprint density at radius 1 is 0.734 bits per heavy atom. The quantitative estimate of drug-likeness (QED) is 0.0131. The number of carbonyl (C=O) groups is 5. The summed E-state index contributed by atoms with van der Waals surface area (Å²) in [6.45, 7) is 3.81. The third kappa shape index (κ3) is 19.9. The second-order valence-electron chi connectivity index (χ2n) is 20.4. The van der Waals surface area contributed by atoms with Crippen LogP contribution in [0, 0.1) is 26.0 Å². The minimum Gasteiger partial charge on any atom is -0.453 e. The van der Waals surface area contributed by atoms with Crippen molar-refractivity contribution >= 4 is 60.6 Å². The van der Waals surface area contributed by atoms with Crippen LogP contribution in [0.2, 0.25) is 0 Å². The van der Waals surface area contributed by atoms with Crippen LogP contribution in [0.1, 0.15) is 86.9 Å². The Kier molecular flexibility index (Phi) is 23.0. The van der Waals surface area contributed by atoms with E-state index in [1.807, 2.05) is 33.3 Å². The van der Waals surface area contributed by atoms with Gasteiger partial charge in [0.2, 0.25) is 12.7 Å². The number of ether oxygens (including phenoxy) is 4. The van der Waals surface area contributed by atoms with Gasteiger partial charge in [-0.2, -0.15) is 40.2 Å². The van der Waals surface area contributed by atoms with Crippen molar-refractivity contribution in [2.24, 2.45) is 10.8 Å². The molecule has 4 atom stereocenters. The van der Waals surface area contributed by atoms with Gasteiger partial charge in [-0.3, -0.25) is 24.1 Å². The Hall–Kier alpha value is -5.50. The number of rotatable bonds is 23. The highest BCUT2D eigenvalue weighted by molar-refractivity contribution is 14.1. The lowest BCUT2D eigenvalue weighted by Crippen LogP contribution is -2.64. The van der Waals surface area contributed by atoms with Gasteiger partial charge in [0.15, 0.2) is 0 Å². The van der Waals surface area contributed by atoms with Gasteiger partial charge in [0.25, 0.3) is 5.91 Å². The van der Waals surface area contributed by atoms with Crippen LogP contribution in [0.15, 0.2) is 48.7 Å². The largest absolute Gasteiger partial charge is 0.510 e. The number of carbonyl (C=O) groups excluding carboxylic acids is 5. The molecular formula is C47H61F10IN7O13P. The molecule has 0 aliphatic heterocycles. The highest BCUT2D eigenvalue weighted by atomic mass is 127. The molecule has 0 radical (unpaired) electrons. The number of nitrogens with one attached hydrogen (secondary N) is 4. The highest BCUT2D eigenvalue weighted by Gasteiger charge is 2.57. The maximum absolute atomic E-state index is 16.3. The van der Waals surface area contributed by atoms with Gasteiger partial charge in [0.05, 0.1) is 54.5 Å². The minimum atomic E-state index is -5.31. The Bertz CT molecular complexity index is 2610. The number of hydrazine groups is 1. The van der Waals surface area contributed by atoms with E-state index in [2.05, 4.69) is 19.9 Å². The topological polar surface area (TPSA) is 236 Å². The van der Waals surface area contributed by atoms with Crippen molar-refractivity contribution in [3.63, 3.8) is 0 Å². The van der Waals surface area contributed by atoms with Crippen LogP contribution in [0.3, 0.4) is 0 Å². The van der Waals surface area contributed by atoms with E-state index in [0.29, 0.717) is 48.4 Å². The molecular weight excluding hydrogens is 1220 g/mol. The van der Waals surface area contributed by atoms with Gasteiger partial charge >= 0.3 is 45.1 Å². The maximum atomic E-state index is 16.3. The zero-order chi connectivity index (χ0) is 60.4. The number of benzene rings is 2. The fourth-order valence-corrected chi connectivity index (χ4v) is 8.84. The SMILES string of the molecule is COC(=O)N[C@H](C(=O)N[C@@H](Cc1ccc(I)cc1)[C@H](CN(Cc1c(F)cc(-c2ccn(C(F)F)n2)cc1F)NC(=O)[C@@H](NC(=O)OC)C(C)(C)C(F)(F)F)OC(=O)OCOP(=O)(OC(C)(C)C)OC(C)(C)C)C(C)(C)C(F)(F)F. The van der Waals surface area contributed by atoms with E-state index in [4.69, 9.17) is 23.0 Å². The third-order valence-electron chi connectivity index (χ3n) is 11.1. The van der Waals surface area contributed by atoms with Crippen molar-refractivity contribution < 1.29 is 105 Å². The first-order valence-corrected chi connectivity index (χ1v) is 25.8. The van der Waals surface area contributed by atoms with Crippen LogP contribution in [-0.4, -0.2) is 120 Å². The number of alkyl halides is 8. The van der Waals surface area contributed by atoms with Gasteiger partial charge in [-0.1, -0.05) is 12.1 Å². The summed E-state index contributed by atoms with van der Waals surface area (Å²) in [6, 6.07) is 0.927. The molecule has 0 spiro atoms. The molecule has 0 saturated heterocycles. The van der Waals surface area contributed by atoms with E-state index in [1.54, 1.807) is 5.32 Å². The highest BCUT2D eigenvalue weighted by Crippen LogP contribution is 2.55. The van der Waals surface area contributed by atoms with E-state index >= 15 is 8.78 Å². The molecule has 0 saturated carbocycles. The van der Waals surface area contributed by atoms with Crippen LogP contribution < -0.4 is 21.4 Å². The monoisotopic (exact) mass is 1280 g/mol. The first-order chi connectivity index (χ1) is 36.0. The van der Waals surface area contributed by atoms with Crippen LogP contribution in [-0.2, 0) is 59.6 Å². The normalized spacial score (nSPS) is 14.4. The van der Waals surface area contributed by atoms with E-state index in [9.17, 15) is 63.7 Å². The third-order valence-corrected chi connectivity index (χ3v) is 13.8. The van der Waals surface area contributed by atoms with Crippen LogP contribution >= 0.6 is 30.4 Å². The lowest BCUT2D eigenvalue weighted by atomic mass is 9.82. The molecule has 20 nitrogen and oxygen atoms in total. The summed E-state index contributed by atoms with van der Waals surface area (Å²) in [7, 11) is -3.15. The molecule has 32 heteroatoms. The number of phosphoric ester groups is 1. The predicted molar refractivity (Wildman–Crippen MR) is 267 cm³/mol. The average Bonchev–Trinajstić information content (AvgIpc) is 3.80. The number of methoxy groups -OCH3 is 2. The van der Waals surface area contributed by atoms with Crippen molar-refractivity contribution in [1.82, 2.24) is 36.2 Å². The fraction of sp³-hybridized carbons (Fsp3) is 0.574. The number of alkyl carbamates (subject to hydrolysis) is 2. The molecule has 2 aromatic carbocycles. The summed E-state index contributed by atoms with van der Waals surface area (Å²) in [4.78, 5) is 67.6. The number of hydrogen-bond donors (Lipinski definition) is 4. The predicted octanol–water partition coefficient (Wildman–Crippen LogP) is 10.2. The summed E-state index contributed by atoms with van der Waals surface area (Å²) in [5.41, 5.74) is -8.42. The maximum Gasteiger partial charge on any atom is 0.510 e. The van der Waals surface area contributed by atoms with Crippen LogP contribution in [0.25, 0.3) is 11.3 Å². The average molecular weight is 1280 g/mol. The van der Waals surface area contributed by atoms with E-state index < -0.39 is 152 Å². The first-order valence-electron chi connectivity index (χ1n) is 23.3. The lowest BCUT2D eigenvalue weighted by molar-refractivity contribution is -0.221. The Morgan fingerprint density at radius 3 is 1.65 bits per heavy atom. The van der Waals surface area contributed by atoms with Crippen LogP contribution in [0.4, 0.5) is 58.3 Å². The molecule has 0 aliphatic carbocycles. The number of nitrogens with zero attached hydrogens (tertiary/aromatic N) is 3. The summed E-state index contributed by atoms with van der Waals surface area (Å²) >= 11 is 1.92. The molecule has 0 aliphatic rings. The van der Waals surface area contributed by atoms with Crippen LogP contribution in [0.5, 0.6) is 0 Å². The van der Waals surface area contributed by atoms with Gasteiger partial charge < -0.3 is 34.9 Å². The van der Waals surface area contributed by atoms with Gasteiger partial charge in [0.1, 0.15) is 29.8 Å². The van der Waals surface area contributed by atoms with Gasteiger partial charge in [-0.15, -0.1) is 0 Å². The lowest BCUT2D eigenvalue weighted by Gasteiger charge is -2.38. The molecule has 0 fully saturated rings. The number of aromatic nitrogens is 2. The van der Waals surface area contributed by atoms with Crippen molar-refractivity contribution in [2.45, 2.75) is 137 Å². The fourth-order valence-electron chi connectivity index (χ4n) is 6.81. The number of phosphoric acid groups is 1. The zero-order valence-corrected chi connectivity index (χ0v) is 47.6. The van der Waals surface area contributed by atoms with Crippen molar-refractivity contribution in [1.29, 1.82) is 0 Å². The molecule has 3 rings (SSSR count). The van der Waals surface area contributed by atoms with E-state index in [1.165, 1.54) is 65.8 Å². The molecule has 4 N–H and O–H groups in total. The number of hydrogen-bond acceptors (Lipinski definition) is 15. The first kappa shape index (κ1) is 67.8. The van der Waals surface area contributed by atoms with Crippen molar-refractivity contribution in [2.75, 3.05) is 27.6 Å². The second-order valence-corrected chi connectivity index (χ2v) is 23.2. The molecule has 1 aromatic heterocycles. The molecule has 1 heterocycles. The second kappa shape index (κ2) is 26.8. The summed E-state index contributed by atoms with van der Waals surface area (Å²) in [5.74, 6) is -6.47. The van der Waals surface area contributed by atoms with Gasteiger partial charge in [-0.25, -0.2) is 41.9 Å². The number of halogens is 11. The molecule has 3 aromatic rings. The molecule has 4 amide bonds. The Morgan fingerprint density at radius 2 is 1.22 bits per heavy atom. The Labute approximate surface area is 461 Å². The van der Waals surface area contributed by atoms with E-state index in [-0.39, 0.29) is 15.9 Å². The van der Waals surface area contributed by atoms with Gasteiger partial charge in [-0.05, 0) is 134 Å². The number of amides is 4. The zero-order valence-electron chi connectivity index (χ0n) is 44.6. The summed E-state index contributed by atoms with van der Waals surface area (Å²) in [6.07, 6.45) is -17.6. The molecule has 79 heavy (non-hydrogen) atoms. The Balaban J connectivity index is 2.39. The molecule has 0 bridgehead atoms. The van der Waals surface area contributed by atoms with Crippen molar-refractivity contribution in [3.05, 3.63) is 75.0 Å². The molecule has 0 unspecified atom stereocenters. The van der Waals surface area contributed by atoms with E-state index in [0.717, 1.165) is 26.5 Å². The van der Waals surface area contributed by atoms with Crippen molar-refractivity contribution in [3.8, 4) is 11.3 Å². The summed E-state index contributed by atoms with van der Waals surface area (Å²) in [5, 5.41) is 9.83. The summed E-state index contributed by atoms with van der Waals surface area (Å²) < 4.78 is 198. The smallest absolute Gasteiger partial charge is 0.453 e. The molecule has 444 valence electrons. The minimum absolute atomic E-state index is 0.163.